The Morgan fingerprint density at radius 1 is 0.857 bits per heavy atom. The maximum atomic E-state index is 5.22. The van der Waals surface area contributed by atoms with Gasteiger partial charge in [0.25, 0.3) is 0 Å². The Balaban J connectivity index is 0. The van der Waals surface area contributed by atoms with E-state index in [9.17, 15) is 0 Å². The maximum absolute atomic E-state index is 5.22. The van der Waals surface area contributed by atoms with Crippen LogP contribution >= 0.6 is 0 Å². The Bertz CT molecular complexity index is 79.9. The molecule has 0 atom stereocenters. The van der Waals surface area contributed by atoms with Gasteiger partial charge in [0, 0.05) is 19.8 Å². The van der Waals surface area contributed by atoms with E-state index < -0.39 is 9.53 Å². The average molecular weight is 255 g/mol. The van der Waals surface area contributed by atoms with Crippen LogP contribution in [0.3, 0.4) is 0 Å². The topological polar surface area (TPSA) is 27.7 Å². The van der Waals surface area contributed by atoms with Crippen LogP contribution in [0, 0.1) is 0 Å². The quantitative estimate of drug-likeness (QED) is 0.652. The summed E-state index contributed by atoms with van der Waals surface area (Å²) in [5, 5.41) is 0. The molecule has 0 aromatic carbocycles. The van der Waals surface area contributed by atoms with Crippen molar-refractivity contribution in [3.05, 3.63) is 0 Å². The van der Waals surface area contributed by atoms with E-state index in [1.165, 1.54) is 11.1 Å². The second-order valence-electron chi connectivity index (χ2n) is 2.40. The third-order valence-corrected chi connectivity index (χ3v) is 3.76. The molecule has 14 heavy (non-hydrogen) atoms. The zero-order valence-electron chi connectivity index (χ0n) is 9.84. The summed E-state index contributed by atoms with van der Waals surface area (Å²) in [7, 11) is -1.73. The Kier molecular flexibility index (Phi) is 20.0. The summed E-state index contributed by atoms with van der Waals surface area (Å²) in [6, 6.07) is 0. The zero-order chi connectivity index (χ0) is 11.2. The van der Waals surface area contributed by atoms with Gasteiger partial charge in [-0.25, -0.2) is 0 Å². The van der Waals surface area contributed by atoms with Crippen molar-refractivity contribution in [1.82, 2.24) is 0 Å². The van der Waals surface area contributed by atoms with E-state index in [1.54, 1.807) is 0 Å². The minimum atomic E-state index is -1.73. The van der Waals surface area contributed by atoms with Crippen molar-refractivity contribution in [2.45, 2.75) is 38.8 Å². The summed E-state index contributed by atoms with van der Waals surface area (Å²) < 4.78 is 17.0. The van der Waals surface area contributed by atoms with E-state index in [-0.39, 0.29) is 0 Å². The summed E-state index contributed by atoms with van der Waals surface area (Å²) in [5.41, 5.74) is 0. The van der Waals surface area contributed by atoms with Gasteiger partial charge in [-0.05, 0) is 20.8 Å². The first-order chi connectivity index (χ1) is 6.76. The molecule has 0 rings (SSSR count). The van der Waals surface area contributed by atoms with Crippen molar-refractivity contribution in [1.29, 1.82) is 0 Å². The molecule has 0 aliphatic carbocycles. The van der Waals surface area contributed by atoms with Crippen molar-refractivity contribution >= 4 is 9.53 Å². The molecule has 3 nitrogen and oxygen atoms in total. The van der Waals surface area contributed by atoms with Gasteiger partial charge in [-0.15, -0.1) is 0 Å². The van der Waals surface area contributed by atoms with E-state index in [4.69, 9.17) is 13.3 Å². The Morgan fingerprint density at radius 3 is 1.29 bits per heavy atom. The molecule has 0 fully saturated rings. The fraction of sp³-hybridized carbons (Fsp3) is 1.00. The van der Waals surface area contributed by atoms with E-state index in [2.05, 4.69) is 27.4 Å². The van der Waals surface area contributed by atoms with Gasteiger partial charge in [0.15, 0.2) is 0 Å². The van der Waals surface area contributed by atoms with Crippen molar-refractivity contribution in [2.24, 2.45) is 0 Å². The van der Waals surface area contributed by atoms with Crippen molar-refractivity contribution < 1.29 is 33.7 Å². The predicted octanol–water partition coefficient (Wildman–Crippen LogP) is 2.17. The van der Waals surface area contributed by atoms with Crippen molar-refractivity contribution in [2.75, 3.05) is 19.8 Å². The van der Waals surface area contributed by atoms with Crippen LogP contribution in [-0.2, 0) is 33.7 Å². The van der Waals surface area contributed by atoms with Gasteiger partial charge in [0.05, 0.1) is 0 Å². The number of hydrogen-bond acceptors (Lipinski definition) is 3. The molecule has 0 aromatic heterocycles. The number of rotatable bonds is 7. The molecule has 0 aliphatic rings. The van der Waals surface area contributed by atoms with Gasteiger partial charge in [0.2, 0.25) is 0 Å². The fourth-order valence-electron chi connectivity index (χ4n) is 0.553. The van der Waals surface area contributed by atoms with E-state index in [0.29, 0.717) is 19.8 Å². The molecule has 5 heteroatoms. The summed E-state index contributed by atoms with van der Waals surface area (Å²) >= 11 is 2.18. The van der Waals surface area contributed by atoms with Crippen LogP contribution in [0.2, 0.25) is 4.73 Å². The normalized spacial score (nSPS) is 9.71. The second kappa shape index (κ2) is 16.2. The standard InChI is InChI=1S/C6H16O3Si.C3H7.Ti/c1-4-7-10(8-5-2)9-6-3;1-3-2;/h10H,4-6H2,1-3H3;1,3H2,2H3;. The third-order valence-electron chi connectivity index (χ3n) is 1.16. The van der Waals surface area contributed by atoms with E-state index in [0.717, 1.165) is 0 Å². The molecule has 0 saturated carbocycles. The molecular weight excluding hydrogens is 232 g/mol. The van der Waals surface area contributed by atoms with Crippen LogP contribution in [0.4, 0.5) is 0 Å². The van der Waals surface area contributed by atoms with Crippen LogP contribution in [0.25, 0.3) is 0 Å². The molecular formula is C9H23O3SiTi. The van der Waals surface area contributed by atoms with Gasteiger partial charge in [-0.2, -0.15) is 0 Å². The molecule has 0 aliphatic heterocycles. The van der Waals surface area contributed by atoms with Gasteiger partial charge >= 0.3 is 48.0 Å². The third kappa shape index (κ3) is 15.3. The molecule has 0 N–H and O–H groups in total. The molecule has 85 valence electrons. The van der Waals surface area contributed by atoms with Gasteiger partial charge in [-0.1, -0.05) is 0 Å². The molecule has 0 unspecified atom stereocenters. The first-order valence-electron chi connectivity index (χ1n) is 5.26. The van der Waals surface area contributed by atoms with Gasteiger partial charge in [-0.3, -0.25) is 0 Å². The fourth-order valence-corrected chi connectivity index (χ4v) is 1.66. The van der Waals surface area contributed by atoms with Crippen LogP contribution in [0.1, 0.15) is 34.1 Å². The molecule has 0 aromatic rings. The first kappa shape index (κ1) is 17.2. The summed E-state index contributed by atoms with van der Waals surface area (Å²) in [5.74, 6) is 0. The van der Waals surface area contributed by atoms with Gasteiger partial charge in [0.1, 0.15) is 0 Å². The second-order valence-corrected chi connectivity index (χ2v) is 4.76. The molecule has 0 spiro atoms. The summed E-state index contributed by atoms with van der Waals surface area (Å²) in [4.78, 5) is 0. The number of hydrogen-bond donors (Lipinski definition) is 0. The first-order valence-corrected chi connectivity index (χ1v) is 7.77. The minimum absolute atomic E-state index is 0.677. The SMILES string of the molecule is CCO[SiH](OCC)OCC.CC[CH2][Ti]. The molecule has 0 radical (unpaired) electrons. The van der Waals surface area contributed by atoms with Crippen molar-refractivity contribution in [3.63, 3.8) is 0 Å². The van der Waals surface area contributed by atoms with Crippen molar-refractivity contribution in [3.8, 4) is 0 Å². The molecule has 0 bridgehead atoms. The Hall–Kier alpha value is 0.811. The van der Waals surface area contributed by atoms with E-state index in [1.807, 2.05) is 20.8 Å². The Labute approximate surface area is 102 Å². The average Bonchev–Trinajstić information content (AvgIpc) is 2.20. The Morgan fingerprint density at radius 2 is 1.14 bits per heavy atom. The van der Waals surface area contributed by atoms with Crippen LogP contribution in [0.15, 0.2) is 0 Å². The van der Waals surface area contributed by atoms with Gasteiger partial charge < -0.3 is 13.3 Å². The zero-order valence-corrected chi connectivity index (χ0v) is 12.6. The van der Waals surface area contributed by atoms with Crippen LogP contribution in [0.5, 0.6) is 0 Å². The molecule has 0 amide bonds. The molecule has 0 saturated heterocycles. The van der Waals surface area contributed by atoms with Crippen LogP contribution in [-0.4, -0.2) is 29.3 Å². The summed E-state index contributed by atoms with van der Waals surface area (Å²) in [6.07, 6.45) is 1.32. The van der Waals surface area contributed by atoms with Crippen LogP contribution < -0.4 is 0 Å². The molecule has 0 heterocycles. The van der Waals surface area contributed by atoms with E-state index >= 15 is 0 Å². The monoisotopic (exact) mass is 255 g/mol. The predicted molar refractivity (Wildman–Crippen MR) is 57.1 cm³/mol. The summed E-state index contributed by atoms with van der Waals surface area (Å²) in [6.45, 7) is 10.0.